The van der Waals surface area contributed by atoms with Crippen molar-refractivity contribution in [3.05, 3.63) is 47.1 Å². The fraction of sp³-hybridized carbons (Fsp3) is 0.722. The first-order chi connectivity index (χ1) is 19.1. The lowest BCUT2D eigenvalue weighted by Gasteiger charge is -2.53. The molecule has 0 bridgehead atoms. The molecule has 4 aliphatic carbocycles. The van der Waals surface area contributed by atoms with E-state index in [0.29, 0.717) is 11.8 Å². The molecule has 2 saturated carbocycles. The van der Waals surface area contributed by atoms with Crippen LogP contribution in [0.1, 0.15) is 108 Å². The summed E-state index contributed by atoms with van der Waals surface area (Å²) >= 11 is 0. The van der Waals surface area contributed by atoms with Gasteiger partial charge in [-0.2, -0.15) is 4.67 Å². The Kier molecular flexibility index (Phi) is 8.83. The van der Waals surface area contributed by atoms with Crippen LogP contribution in [0.5, 0.6) is 5.75 Å². The fourth-order valence-electron chi connectivity index (χ4n) is 9.83. The molecule has 1 aromatic carbocycles. The van der Waals surface area contributed by atoms with Crippen molar-refractivity contribution in [1.82, 2.24) is 4.67 Å². The number of allylic oxidation sites excluding steroid dienone is 4. The van der Waals surface area contributed by atoms with Crippen molar-refractivity contribution < 1.29 is 9.33 Å². The van der Waals surface area contributed by atoms with E-state index < -0.39 is 8.24 Å². The van der Waals surface area contributed by atoms with Crippen molar-refractivity contribution in [2.24, 2.45) is 11.8 Å². The molecule has 3 unspecified atom stereocenters. The highest BCUT2D eigenvalue weighted by molar-refractivity contribution is 6.76. The van der Waals surface area contributed by atoms with Crippen molar-refractivity contribution in [2.75, 3.05) is 28.3 Å². The fourth-order valence-corrected chi connectivity index (χ4v) is 15.1. The third-order valence-electron chi connectivity index (χ3n) is 11.3. The highest BCUT2D eigenvalue weighted by Crippen LogP contribution is 2.62. The van der Waals surface area contributed by atoms with E-state index in [-0.39, 0.29) is 5.41 Å². The molecule has 0 amide bonds. The number of methoxy groups -OCH3 is 1. The summed E-state index contributed by atoms with van der Waals surface area (Å²) < 4.78 is 9.88. The van der Waals surface area contributed by atoms with Crippen LogP contribution < -0.4 is 4.74 Å². The van der Waals surface area contributed by atoms with Gasteiger partial charge in [-0.25, -0.2) is 0 Å². The van der Waals surface area contributed by atoms with Crippen molar-refractivity contribution in [3.8, 4) is 5.75 Å². The van der Waals surface area contributed by atoms with Gasteiger partial charge in [-0.1, -0.05) is 96.5 Å². The number of quaternary nitrogens is 1. The van der Waals surface area contributed by atoms with Crippen LogP contribution in [0.4, 0.5) is 0 Å². The van der Waals surface area contributed by atoms with Gasteiger partial charge in [-0.3, -0.25) is 4.59 Å². The third-order valence-corrected chi connectivity index (χ3v) is 16.0. The number of unbranched alkanes of at least 4 members (excludes halogenated alkanes) is 2. The number of hydrogen-bond acceptors (Lipinski definition) is 2. The molecular formula is C36H59N2OSi+. The second-order valence-corrected chi connectivity index (χ2v) is 19.5. The number of ether oxygens (including phenoxy) is 1. The monoisotopic (exact) mass is 563 g/mol. The summed E-state index contributed by atoms with van der Waals surface area (Å²) in [5, 5.41) is 0. The molecule has 0 heterocycles. The Morgan fingerprint density at radius 1 is 0.925 bits per heavy atom. The molecule has 222 valence electrons. The molecule has 5 rings (SSSR count). The normalized spacial score (nSPS) is 26.3. The van der Waals surface area contributed by atoms with Crippen LogP contribution in [0.15, 0.2) is 35.9 Å². The van der Waals surface area contributed by atoms with Crippen molar-refractivity contribution in [3.63, 3.8) is 0 Å². The number of hydrogen-bond donors (Lipinski definition) is 0. The smallest absolute Gasteiger partial charge is 0.190 e. The van der Waals surface area contributed by atoms with E-state index in [0.717, 1.165) is 21.9 Å². The van der Waals surface area contributed by atoms with Gasteiger partial charge in [0.05, 0.1) is 28.3 Å². The molecule has 0 radical (unpaired) electrons. The van der Waals surface area contributed by atoms with Crippen LogP contribution >= 0.6 is 0 Å². The maximum absolute atomic E-state index is 5.81. The summed E-state index contributed by atoms with van der Waals surface area (Å²) in [6.07, 6.45) is 23.1. The first kappa shape index (κ1) is 30.1. The summed E-state index contributed by atoms with van der Waals surface area (Å²) in [7, 11) is 7.43. The molecule has 0 aliphatic heterocycles. The van der Waals surface area contributed by atoms with Gasteiger partial charge in [0, 0.05) is 11.5 Å². The lowest BCUT2D eigenvalue weighted by atomic mass is 9.68. The second-order valence-electron chi connectivity index (χ2n) is 15.0. The van der Waals surface area contributed by atoms with Crippen molar-refractivity contribution in [2.45, 2.75) is 127 Å². The Balaban J connectivity index is 1.58. The summed E-state index contributed by atoms with van der Waals surface area (Å²) in [6, 6.07) is 7.76. The SMILES string of the molecule is CCCCC1(CCCC)C2=CC3C(C=C2c2ccc(OC)cc21)CCC3[Si](C)(C)N(C1CCCCC1)[N+](C)(C)C. The Bertz CT molecular complexity index is 1100. The van der Waals surface area contributed by atoms with E-state index in [9.17, 15) is 0 Å². The van der Waals surface area contributed by atoms with Gasteiger partial charge in [0.25, 0.3) is 0 Å². The highest BCUT2D eigenvalue weighted by Gasteiger charge is 2.56. The van der Waals surface area contributed by atoms with Gasteiger partial charge < -0.3 is 4.74 Å². The van der Waals surface area contributed by atoms with Gasteiger partial charge in [-0.15, -0.1) is 0 Å². The van der Waals surface area contributed by atoms with Crippen molar-refractivity contribution >= 4 is 13.8 Å². The molecule has 1 aromatic rings. The zero-order chi connectivity index (χ0) is 28.7. The van der Waals surface area contributed by atoms with E-state index in [1.165, 1.54) is 89.0 Å². The van der Waals surface area contributed by atoms with Crippen LogP contribution in [0.2, 0.25) is 18.6 Å². The van der Waals surface area contributed by atoms with E-state index in [4.69, 9.17) is 4.74 Å². The van der Waals surface area contributed by atoms with Gasteiger partial charge >= 0.3 is 0 Å². The Morgan fingerprint density at radius 2 is 1.60 bits per heavy atom. The zero-order valence-electron chi connectivity index (χ0n) is 27.2. The zero-order valence-corrected chi connectivity index (χ0v) is 28.2. The third kappa shape index (κ3) is 5.20. The van der Waals surface area contributed by atoms with Crippen LogP contribution in [-0.2, 0) is 5.41 Å². The molecule has 0 aromatic heterocycles. The Labute approximate surface area is 247 Å². The summed E-state index contributed by atoms with van der Waals surface area (Å²) in [4.78, 5) is 0. The number of rotatable bonds is 11. The largest absolute Gasteiger partial charge is 0.497 e. The lowest BCUT2D eigenvalue weighted by molar-refractivity contribution is -0.975. The minimum absolute atomic E-state index is 0.148. The number of fused-ring (bicyclic) bond motifs is 4. The van der Waals surface area contributed by atoms with Crippen LogP contribution in [0.3, 0.4) is 0 Å². The molecular weight excluding hydrogens is 504 g/mol. The predicted molar refractivity (Wildman–Crippen MR) is 174 cm³/mol. The molecule has 4 aliphatic rings. The van der Waals surface area contributed by atoms with E-state index >= 15 is 0 Å². The van der Waals surface area contributed by atoms with Gasteiger partial charge in [0.2, 0.25) is 0 Å². The second kappa shape index (κ2) is 11.7. The quantitative estimate of drug-likeness (QED) is 0.151. The lowest BCUT2D eigenvalue weighted by Crippen LogP contribution is -2.69. The van der Waals surface area contributed by atoms with E-state index in [2.05, 4.69) is 83.1 Å². The molecule has 4 heteroatoms. The van der Waals surface area contributed by atoms with Gasteiger partial charge in [0.1, 0.15) is 5.75 Å². The van der Waals surface area contributed by atoms with E-state index in [1.807, 2.05) is 7.11 Å². The minimum atomic E-state index is -1.75. The number of benzene rings is 1. The molecule has 2 fully saturated rings. The first-order valence-electron chi connectivity index (χ1n) is 16.8. The van der Waals surface area contributed by atoms with Crippen molar-refractivity contribution in [1.29, 1.82) is 0 Å². The van der Waals surface area contributed by atoms with Gasteiger partial charge in [0.15, 0.2) is 8.24 Å². The molecule has 0 saturated heterocycles. The molecule has 3 nitrogen and oxygen atoms in total. The Morgan fingerprint density at radius 3 is 2.20 bits per heavy atom. The number of nitrogens with zero attached hydrogens (tertiary/aromatic N) is 2. The summed E-state index contributed by atoms with van der Waals surface area (Å²) in [6.45, 7) is 10.2. The minimum Gasteiger partial charge on any atom is -0.497 e. The first-order valence-corrected chi connectivity index (χ1v) is 19.9. The maximum Gasteiger partial charge on any atom is 0.190 e. The standard InChI is InChI=1S/C36H59N2OSi/c1-9-11-22-36(23-12-10-2)33-25-29(39-6)19-20-30(33)32-24-27-18-21-35(31(27)26-34(32)36)40(7,8)37(38(3,4)5)28-16-14-13-15-17-28/h19-20,24-28,31,35H,9-18,21-23H2,1-8H3/q+1. The maximum atomic E-state index is 5.81. The Hall–Kier alpha value is -1.36. The highest BCUT2D eigenvalue weighted by atomic mass is 28.3. The summed E-state index contributed by atoms with van der Waals surface area (Å²) in [5.74, 6) is 2.41. The van der Waals surface area contributed by atoms with Crippen LogP contribution in [0.25, 0.3) is 5.57 Å². The average Bonchev–Trinajstić information content (AvgIpc) is 3.46. The predicted octanol–water partition coefficient (Wildman–Crippen LogP) is 9.51. The molecule has 0 spiro atoms. The van der Waals surface area contributed by atoms with E-state index in [1.54, 1.807) is 16.7 Å². The molecule has 3 atom stereocenters. The van der Waals surface area contributed by atoms with Crippen LogP contribution in [0, 0.1) is 11.8 Å². The molecule has 0 N–H and O–H groups in total. The summed E-state index contributed by atoms with van der Waals surface area (Å²) in [5.41, 5.74) is 7.32. The van der Waals surface area contributed by atoms with Crippen LogP contribution in [-0.4, -0.2) is 51.8 Å². The molecule has 40 heavy (non-hydrogen) atoms. The average molecular weight is 564 g/mol. The van der Waals surface area contributed by atoms with Gasteiger partial charge in [-0.05, 0) is 83.9 Å². The topological polar surface area (TPSA) is 12.5 Å².